The van der Waals surface area contributed by atoms with Crippen LogP contribution in [0.15, 0.2) is 103 Å². The van der Waals surface area contributed by atoms with Crippen LogP contribution in [0.1, 0.15) is 127 Å². The van der Waals surface area contributed by atoms with Crippen molar-refractivity contribution in [3.8, 4) is 0 Å². The fourth-order valence-electron chi connectivity index (χ4n) is 6.90. The Labute approximate surface area is 447 Å². The Kier molecular flexibility index (Phi) is 28.8. The maximum Gasteiger partial charge on any atom is 0.312 e. The average molecular weight is 1050 g/mol. The molecule has 0 N–H and O–H groups in total. The molecule has 0 aliphatic carbocycles. The molecule has 0 aliphatic heterocycles. The van der Waals surface area contributed by atoms with Gasteiger partial charge in [0.2, 0.25) is 0 Å². The first-order chi connectivity index (χ1) is 36.4. The Hall–Kier alpha value is -7.50. The lowest BCUT2D eigenvalue weighted by Gasteiger charge is -2.18. The highest BCUT2D eigenvalue weighted by molar-refractivity contribution is 6.00. The number of ether oxygens (including phenoxy) is 6. The summed E-state index contributed by atoms with van der Waals surface area (Å²) in [6.45, 7) is 14.4. The maximum atomic E-state index is 13.1. The van der Waals surface area contributed by atoms with Gasteiger partial charge in [-0.25, -0.2) is 0 Å². The number of aliphatic imine (C=N–C) groups is 6. The number of hydrogen-bond donors (Lipinski definition) is 0. The minimum atomic E-state index is -1.07. The van der Waals surface area contributed by atoms with Crippen LogP contribution in [0.2, 0.25) is 0 Å². The third-order valence-electron chi connectivity index (χ3n) is 11.4. The topological polar surface area (TPSA) is 232 Å². The van der Waals surface area contributed by atoms with E-state index >= 15 is 0 Å². The first-order valence-corrected chi connectivity index (χ1v) is 25.5. The molecular weight excluding hydrogens is 973 g/mol. The molecule has 18 nitrogen and oxygen atoms in total. The normalized spacial score (nSPS) is 13.3. The van der Waals surface area contributed by atoms with Gasteiger partial charge in [0.15, 0.2) is 12.2 Å². The Morgan fingerprint density at radius 1 is 0.368 bits per heavy atom. The van der Waals surface area contributed by atoms with Crippen LogP contribution in [-0.2, 0) is 96.2 Å². The van der Waals surface area contributed by atoms with Crippen molar-refractivity contribution in [2.24, 2.45) is 30.0 Å². The highest BCUT2D eigenvalue weighted by atomic mass is 16.6. The molecule has 0 heterocycles. The van der Waals surface area contributed by atoms with Crippen molar-refractivity contribution in [2.75, 3.05) is 40.5 Å². The molecule has 0 amide bonds. The van der Waals surface area contributed by atoms with Crippen LogP contribution >= 0.6 is 0 Å². The summed E-state index contributed by atoms with van der Waals surface area (Å²) in [6, 6.07) is 23.7. The summed E-state index contributed by atoms with van der Waals surface area (Å²) in [5.74, 6) is -3.59. The fraction of sp³-hybridized carbons (Fsp3) is 0.483. The molecule has 2 atom stereocenters. The molecule has 0 saturated carbocycles. The lowest BCUT2D eigenvalue weighted by Crippen LogP contribution is -2.31. The highest BCUT2D eigenvalue weighted by Gasteiger charge is 2.23. The number of rotatable bonds is 32. The predicted molar refractivity (Wildman–Crippen MR) is 295 cm³/mol. The minimum absolute atomic E-state index is 0.0475. The molecule has 0 saturated heterocycles. The van der Waals surface area contributed by atoms with Gasteiger partial charge >= 0.3 is 35.8 Å². The largest absolute Gasteiger partial charge is 0.461 e. The van der Waals surface area contributed by atoms with Crippen LogP contribution < -0.4 is 0 Å². The smallest absolute Gasteiger partial charge is 0.312 e. The molecule has 3 rings (SSSR count). The number of aryl methyl sites for hydroxylation is 2. The van der Waals surface area contributed by atoms with E-state index in [1.165, 1.54) is 11.1 Å². The monoisotopic (exact) mass is 1050 g/mol. The Balaban J connectivity index is 1.55. The molecule has 3 aromatic carbocycles. The van der Waals surface area contributed by atoms with Crippen molar-refractivity contribution >= 4 is 70.1 Å². The van der Waals surface area contributed by atoms with Crippen molar-refractivity contribution in [1.29, 1.82) is 0 Å². The summed E-state index contributed by atoms with van der Waals surface area (Å²) in [5.41, 5.74) is 9.36. The summed E-state index contributed by atoms with van der Waals surface area (Å²) in [5, 5.41) is 0. The molecule has 3 aromatic rings. The standard InChI is InChI=1S/C58H76N6O12/c1-11-45-16-13-18-47(28-45)31-61-41(5)24-55(67)73-37-51(35-71-53(65)22-39(3)59-9)75-57(69)26-43(7)63-33-49-20-15-21-50(30-49)34-64-44(8)27-58(70)76-52(36-72-54(66)23-40(4)60-10)38-74-56(68)25-42(6)62-32-48-19-14-17-46(12-2)29-48/h13-21,28-30,51-52H,11-12,22-27,31-38H2,1-10H3/b59-39+,60-40+,61-41-,62-42+,63-43+,64-44+. The number of benzene rings is 3. The maximum absolute atomic E-state index is 13.1. The zero-order chi connectivity index (χ0) is 55.8. The van der Waals surface area contributed by atoms with Crippen LogP contribution in [0.5, 0.6) is 0 Å². The van der Waals surface area contributed by atoms with Crippen molar-refractivity contribution < 1.29 is 57.2 Å². The summed E-state index contributed by atoms with van der Waals surface area (Å²) in [6.07, 6.45) is -0.918. The van der Waals surface area contributed by atoms with Crippen LogP contribution in [0.3, 0.4) is 0 Å². The van der Waals surface area contributed by atoms with E-state index in [2.05, 4.69) is 55.9 Å². The fourth-order valence-corrected chi connectivity index (χ4v) is 6.90. The molecule has 0 fully saturated rings. The molecule has 0 bridgehead atoms. The molecule has 410 valence electrons. The third kappa shape index (κ3) is 27.2. The van der Waals surface area contributed by atoms with Crippen molar-refractivity contribution in [3.05, 3.63) is 106 Å². The number of carbonyl (C=O) groups is 6. The summed E-state index contributed by atoms with van der Waals surface area (Å²) in [7, 11) is 3.13. The second-order valence-corrected chi connectivity index (χ2v) is 18.3. The van der Waals surface area contributed by atoms with Crippen LogP contribution in [0, 0.1) is 0 Å². The molecule has 76 heavy (non-hydrogen) atoms. The van der Waals surface area contributed by atoms with Crippen molar-refractivity contribution in [1.82, 2.24) is 0 Å². The zero-order valence-corrected chi connectivity index (χ0v) is 46.0. The zero-order valence-electron chi connectivity index (χ0n) is 46.0. The van der Waals surface area contributed by atoms with Gasteiger partial charge in [-0.1, -0.05) is 86.6 Å². The van der Waals surface area contributed by atoms with Gasteiger partial charge in [-0.15, -0.1) is 0 Å². The SMILES string of the molecule is CCc1cccc(C/N=C(/C)CC(=O)OCC(COC(=O)C/C(C)=N/C)OC(=O)C/C(C)=N/Cc2cccc(C/N=C(\C)CC(=O)OC(COC(=O)C/C(C)=N/C)COC(=O)C/C(C)=N/Cc3cccc(CC)c3)c2)c1. The van der Waals surface area contributed by atoms with Gasteiger partial charge in [0.05, 0.1) is 64.7 Å². The van der Waals surface area contributed by atoms with E-state index in [1.54, 1.807) is 55.6 Å². The predicted octanol–water partition coefficient (Wildman–Crippen LogP) is 8.57. The second kappa shape index (κ2) is 34.9. The molecule has 18 heteroatoms. The van der Waals surface area contributed by atoms with Gasteiger partial charge in [0.25, 0.3) is 0 Å². The van der Waals surface area contributed by atoms with E-state index < -0.39 is 48.0 Å². The summed E-state index contributed by atoms with van der Waals surface area (Å²) in [4.78, 5) is 103. The number of nitrogens with zero attached hydrogens (tertiary/aromatic N) is 6. The minimum Gasteiger partial charge on any atom is -0.461 e. The third-order valence-corrected chi connectivity index (χ3v) is 11.4. The summed E-state index contributed by atoms with van der Waals surface area (Å²) < 4.78 is 32.9. The number of esters is 6. The number of hydrogen-bond acceptors (Lipinski definition) is 18. The quantitative estimate of drug-likeness (QED) is 0.0325. The first-order valence-electron chi connectivity index (χ1n) is 25.5. The van der Waals surface area contributed by atoms with E-state index in [0.717, 1.165) is 35.1 Å². The van der Waals surface area contributed by atoms with E-state index in [0.29, 0.717) is 47.4 Å². The van der Waals surface area contributed by atoms with E-state index in [9.17, 15) is 28.8 Å². The van der Waals surface area contributed by atoms with Gasteiger partial charge in [-0.3, -0.25) is 58.7 Å². The Morgan fingerprint density at radius 3 is 0.868 bits per heavy atom. The van der Waals surface area contributed by atoms with Gasteiger partial charge in [0, 0.05) is 48.4 Å². The van der Waals surface area contributed by atoms with Gasteiger partial charge < -0.3 is 28.4 Å². The second-order valence-electron chi connectivity index (χ2n) is 18.3. The molecular formula is C58H76N6O12. The Bertz CT molecular complexity index is 2440. The van der Waals surface area contributed by atoms with Crippen LogP contribution in [0.25, 0.3) is 0 Å². The molecule has 0 aliphatic rings. The lowest BCUT2D eigenvalue weighted by molar-refractivity contribution is -0.165. The van der Waals surface area contributed by atoms with Crippen molar-refractivity contribution in [2.45, 2.75) is 145 Å². The van der Waals surface area contributed by atoms with E-state index in [4.69, 9.17) is 28.4 Å². The van der Waals surface area contributed by atoms with Gasteiger partial charge in [0.1, 0.15) is 26.4 Å². The van der Waals surface area contributed by atoms with E-state index in [1.807, 2.05) is 60.7 Å². The van der Waals surface area contributed by atoms with Gasteiger partial charge in [-0.05, 0) is 87.8 Å². The molecule has 0 spiro atoms. The van der Waals surface area contributed by atoms with Crippen LogP contribution in [-0.4, -0.2) is 123 Å². The molecule has 0 radical (unpaired) electrons. The van der Waals surface area contributed by atoms with Gasteiger partial charge in [-0.2, -0.15) is 0 Å². The summed E-state index contributed by atoms with van der Waals surface area (Å²) >= 11 is 0. The highest BCUT2D eigenvalue weighted by Crippen LogP contribution is 2.13. The van der Waals surface area contributed by atoms with Crippen LogP contribution in [0.4, 0.5) is 0 Å². The first kappa shape index (κ1) is 62.8. The number of carbonyl (C=O) groups excluding carboxylic acids is 6. The van der Waals surface area contributed by atoms with Crippen molar-refractivity contribution in [3.63, 3.8) is 0 Å². The lowest BCUT2D eigenvalue weighted by atomic mass is 10.1. The molecule has 2 unspecified atom stereocenters. The molecule has 0 aromatic heterocycles. The Morgan fingerprint density at radius 2 is 0.605 bits per heavy atom. The average Bonchev–Trinajstić information content (AvgIpc) is 3.40. The van der Waals surface area contributed by atoms with E-state index in [-0.39, 0.29) is 78.0 Å².